The van der Waals surface area contributed by atoms with E-state index in [0.717, 1.165) is 0 Å². The number of nitro groups is 1. The van der Waals surface area contributed by atoms with Gasteiger partial charge in [0.1, 0.15) is 5.02 Å². The molecule has 0 aliphatic rings. The average molecular weight is 295 g/mol. The van der Waals surface area contributed by atoms with Gasteiger partial charge < -0.3 is 10.1 Å². The van der Waals surface area contributed by atoms with Crippen LogP contribution in [0.3, 0.4) is 0 Å². The fraction of sp³-hybridized carbons (Fsp3) is 0.167. The number of anilines is 1. The van der Waals surface area contributed by atoms with Crippen molar-refractivity contribution >= 4 is 23.2 Å². The molecule has 0 atom stereocenters. The molecule has 2 rings (SSSR count). The molecule has 0 spiro atoms. The number of nitrogens with zero attached hydrogens (tertiary/aromatic N) is 3. The van der Waals surface area contributed by atoms with E-state index in [2.05, 4.69) is 15.3 Å². The van der Waals surface area contributed by atoms with Gasteiger partial charge in [0.15, 0.2) is 0 Å². The van der Waals surface area contributed by atoms with Gasteiger partial charge in [0, 0.05) is 13.1 Å². The van der Waals surface area contributed by atoms with Crippen LogP contribution in [-0.4, -0.2) is 21.9 Å². The number of para-hydroxylation sites is 1. The Labute approximate surface area is 119 Å². The number of halogens is 1. The molecule has 8 heteroatoms. The minimum absolute atomic E-state index is 0.0587. The van der Waals surface area contributed by atoms with Crippen molar-refractivity contribution in [2.24, 2.45) is 0 Å². The predicted molar refractivity (Wildman–Crippen MR) is 74.5 cm³/mol. The van der Waals surface area contributed by atoms with E-state index >= 15 is 0 Å². The first-order valence-electron chi connectivity index (χ1n) is 5.65. The van der Waals surface area contributed by atoms with Crippen molar-refractivity contribution in [2.75, 3.05) is 12.4 Å². The molecule has 20 heavy (non-hydrogen) atoms. The van der Waals surface area contributed by atoms with Gasteiger partial charge in [0.25, 0.3) is 0 Å². The number of nitro benzene ring substituents is 1. The summed E-state index contributed by atoms with van der Waals surface area (Å²) in [5.41, 5.74) is 0.463. The summed E-state index contributed by atoms with van der Waals surface area (Å²) in [6.07, 6.45) is 1.36. The van der Waals surface area contributed by atoms with Gasteiger partial charge in [-0.15, -0.1) is 0 Å². The molecule has 0 saturated carbocycles. The number of aromatic nitrogens is 2. The van der Waals surface area contributed by atoms with E-state index in [-0.39, 0.29) is 22.3 Å². The van der Waals surface area contributed by atoms with Crippen molar-refractivity contribution in [3.8, 4) is 11.6 Å². The van der Waals surface area contributed by atoms with Crippen molar-refractivity contribution in [1.82, 2.24) is 9.97 Å². The van der Waals surface area contributed by atoms with Crippen LogP contribution in [0.25, 0.3) is 0 Å². The number of benzene rings is 1. The molecule has 1 N–H and O–H groups in total. The third-order valence-corrected chi connectivity index (χ3v) is 2.78. The highest BCUT2D eigenvalue weighted by molar-refractivity contribution is 6.31. The maximum atomic E-state index is 11.0. The first-order valence-corrected chi connectivity index (χ1v) is 6.03. The van der Waals surface area contributed by atoms with Crippen LogP contribution in [0.5, 0.6) is 11.6 Å². The van der Waals surface area contributed by atoms with Crippen molar-refractivity contribution in [3.63, 3.8) is 0 Å². The fourth-order valence-corrected chi connectivity index (χ4v) is 1.68. The number of hydrogen-bond acceptors (Lipinski definition) is 6. The van der Waals surface area contributed by atoms with Crippen molar-refractivity contribution < 1.29 is 9.66 Å². The molecule has 0 radical (unpaired) electrons. The second-order valence-electron chi connectivity index (χ2n) is 3.88. The molecule has 2 aromatic rings. The molecule has 1 heterocycles. The summed E-state index contributed by atoms with van der Waals surface area (Å²) in [4.78, 5) is 18.4. The highest BCUT2D eigenvalue weighted by atomic mass is 35.5. The molecular weight excluding hydrogens is 284 g/mol. The summed E-state index contributed by atoms with van der Waals surface area (Å²) in [5.74, 6) is 0.476. The lowest BCUT2D eigenvalue weighted by Gasteiger charge is -2.10. The van der Waals surface area contributed by atoms with Gasteiger partial charge in [0.2, 0.25) is 17.6 Å². The van der Waals surface area contributed by atoms with Crippen LogP contribution >= 0.6 is 11.6 Å². The number of hydrogen-bond donors (Lipinski definition) is 1. The lowest BCUT2D eigenvalue weighted by molar-refractivity contribution is -0.385. The summed E-state index contributed by atoms with van der Waals surface area (Å²) in [6.45, 7) is 1.70. The van der Waals surface area contributed by atoms with Gasteiger partial charge >= 0.3 is 5.69 Å². The summed E-state index contributed by atoms with van der Waals surface area (Å²) in [7, 11) is 1.64. The van der Waals surface area contributed by atoms with E-state index in [9.17, 15) is 10.1 Å². The maximum Gasteiger partial charge on any atom is 0.311 e. The molecule has 104 valence electrons. The minimum Gasteiger partial charge on any atom is -0.430 e. The lowest BCUT2D eigenvalue weighted by atomic mass is 10.2. The number of aryl methyl sites for hydroxylation is 1. The van der Waals surface area contributed by atoms with Crippen LogP contribution in [0, 0.1) is 17.0 Å². The minimum atomic E-state index is -0.517. The molecule has 0 unspecified atom stereocenters. The van der Waals surface area contributed by atoms with Gasteiger partial charge in [0.05, 0.1) is 11.1 Å². The molecule has 0 aliphatic carbocycles. The monoisotopic (exact) mass is 294 g/mol. The van der Waals surface area contributed by atoms with E-state index in [4.69, 9.17) is 16.3 Å². The molecule has 0 fully saturated rings. The Bertz CT molecular complexity index is 663. The zero-order valence-corrected chi connectivity index (χ0v) is 11.5. The zero-order valence-electron chi connectivity index (χ0n) is 10.8. The Hall–Kier alpha value is -2.41. The van der Waals surface area contributed by atoms with E-state index < -0.39 is 4.92 Å². The van der Waals surface area contributed by atoms with Crippen LogP contribution < -0.4 is 10.1 Å². The van der Waals surface area contributed by atoms with Gasteiger partial charge in [-0.2, -0.15) is 4.98 Å². The molecule has 7 nitrogen and oxygen atoms in total. The van der Waals surface area contributed by atoms with E-state index in [1.54, 1.807) is 26.1 Å². The summed E-state index contributed by atoms with van der Waals surface area (Å²) in [5, 5.41) is 13.9. The smallest absolute Gasteiger partial charge is 0.311 e. The van der Waals surface area contributed by atoms with Crippen molar-refractivity contribution in [1.29, 1.82) is 0 Å². The standard InChI is InChI=1S/C12H11ClN4O3/c1-7-4-3-5-9(17(18)19)10(7)20-11-8(13)6-15-12(14-2)16-11/h3-6H,1-2H3,(H,14,15,16). The summed E-state index contributed by atoms with van der Waals surface area (Å²) >= 11 is 5.94. The van der Waals surface area contributed by atoms with Gasteiger partial charge in [-0.05, 0) is 12.5 Å². The molecule has 1 aromatic carbocycles. The predicted octanol–water partition coefficient (Wildman–Crippen LogP) is 3.18. The third-order valence-electron chi connectivity index (χ3n) is 2.52. The second kappa shape index (κ2) is 5.70. The first kappa shape index (κ1) is 14.0. The Morgan fingerprint density at radius 1 is 1.45 bits per heavy atom. The highest BCUT2D eigenvalue weighted by Gasteiger charge is 2.19. The topological polar surface area (TPSA) is 90.2 Å². The highest BCUT2D eigenvalue weighted by Crippen LogP contribution is 2.36. The lowest BCUT2D eigenvalue weighted by Crippen LogP contribution is -2.00. The van der Waals surface area contributed by atoms with Crippen molar-refractivity contribution in [3.05, 3.63) is 45.1 Å². The largest absolute Gasteiger partial charge is 0.430 e. The maximum absolute atomic E-state index is 11.0. The quantitative estimate of drug-likeness (QED) is 0.688. The summed E-state index contributed by atoms with van der Waals surface area (Å²) < 4.78 is 5.51. The van der Waals surface area contributed by atoms with E-state index in [0.29, 0.717) is 11.5 Å². The van der Waals surface area contributed by atoms with Crippen LogP contribution in [0.1, 0.15) is 5.56 Å². The Morgan fingerprint density at radius 2 is 2.20 bits per heavy atom. The number of ether oxygens (including phenoxy) is 1. The molecule has 0 saturated heterocycles. The molecule has 0 bridgehead atoms. The average Bonchev–Trinajstić information content (AvgIpc) is 2.43. The van der Waals surface area contributed by atoms with Crippen molar-refractivity contribution in [2.45, 2.75) is 6.92 Å². The molecular formula is C12H11ClN4O3. The zero-order chi connectivity index (χ0) is 14.7. The normalized spacial score (nSPS) is 10.2. The molecule has 0 amide bonds. The van der Waals surface area contributed by atoms with Crippen LogP contribution in [0.2, 0.25) is 5.02 Å². The Morgan fingerprint density at radius 3 is 2.85 bits per heavy atom. The third kappa shape index (κ3) is 2.77. The van der Waals surface area contributed by atoms with E-state index in [1.165, 1.54) is 12.3 Å². The van der Waals surface area contributed by atoms with Crippen LogP contribution in [0.4, 0.5) is 11.6 Å². The SMILES string of the molecule is CNc1ncc(Cl)c(Oc2c(C)cccc2[N+](=O)[O-])n1. The number of nitrogens with one attached hydrogen (secondary N) is 1. The second-order valence-corrected chi connectivity index (χ2v) is 4.29. The van der Waals surface area contributed by atoms with E-state index in [1.807, 2.05) is 0 Å². The fourth-order valence-electron chi connectivity index (χ4n) is 1.55. The summed E-state index contributed by atoms with van der Waals surface area (Å²) in [6, 6.07) is 4.65. The van der Waals surface area contributed by atoms with Gasteiger partial charge in [-0.25, -0.2) is 4.98 Å². The molecule has 0 aliphatic heterocycles. The van der Waals surface area contributed by atoms with Crippen LogP contribution in [-0.2, 0) is 0 Å². The Kier molecular flexibility index (Phi) is 3.99. The molecule has 1 aromatic heterocycles. The van der Waals surface area contributed by atoms with Crippen LogP contribution in [0.15, 0.2) is 24.4 Å². The first-order chi connectivity index (χ1) is 9.52. The Balaban J connectivity index is 2.47. The number of rotatable bonds is 4. The van der Waals surface area contributed by atoms with Gasteiger partial charge in [-0.1, -0.05) is 23.7 Å². The van der Waals surface area contributed by atoms with Gasteiger partial charge in [-0.3, -0.25) is 10.1 Å².